The molecule has 0 saturated carbocycles. The first kappa shape index (κ1) is 28.5. The average Bonchev–Trinajstić information content (AvgIpc) is 3.20. The molecule has 4 unspecified atom stereocenters. The molecule has 4 atom stereocenters. The number of allylic oxidation sites excluding steroid dienone is 6. The Labute approximate surface area is 248 Å². The van der Waals surface area contributed by atoms with Crippen molar-refractivity contribution in [2.75, 3.05) is 4.90 Å². The molecule has 1 heterocycles. The van der Waals surface area contributed by atoms with Gasteiger partial charge in [-0.3, -0.25) is 29.3 Å². The molecule has 2 aromatic rings. The number of rotatable bonds is 4. The van der Waals surface area contributed by atoms with Crippen LogP contribution in [0.1, 0.15) is 24.3 Å². The molecule has 43 heavy (non-hydrogen) atoms. The van der Waals surface area contributed by atoms with E-state index in [1.807, 2.05) is 0 Å². The van der Waals surface area contributed by atoms with Crippen LogP contribution >= 0.6 is 15.9 Å². The maximum absolute atomic E-state index is 13.9. The van der Waals surface area contributed by atoms with Crippen molar-refractivity contribution in [2.45, 2.75) is 25.1 Å². The van der Waals surface area contributed by atoms with Crippen molar-refractivity contribution < 1.29 is 47.1 Å². The van der Waals surface area contributed by atoms with Crippen LogP contribution in [0, 0.1) is 27.9 Å². The van der Waals surface area contributed by atoms with E-state index in [4.69, 9.17) is 0 Å². The number of carbonyl (C=O) groups is 4. The first-order valence-electron chi connectivity index (χ1n) is 12.9. The van der Waals surface area contributed by atoms with Crippen molar-refractivity contribution in [2.24, 2.45) is 17.8 Å². The number of imide groups is 1. The van der Waals surface area contributed by atoms with E-state index in [1.54, 1.807) is 6.08 Å². The fraction of sp³-hybridized carbons (Fsp3) is 0.241. The Kier molecular flexibility index (Phi) is 6.64. The van der Waals surface area contributed by atoms with Crippen molar-refractivity contribution in [1.82, 2.24) is 0 Å². The Morgan fingerprint density at radius 2 is 1.79 bits per heavy atom. The number of nitro benzene ring substituents is 1. The van der Waals surface area contributed by atoms with Crippen molar-refractivity contribution in [3.05, 3.63) is 91.5 Å². The normalized spacial score (nSPS) is 25.2. The number of Topliss-reactive ketones (excluding diaryl/α,β-unsaturated/α-hetero) is 1. The predicted molar refractivity (Wildman–Crippen MR) is 145 cm³/mol. The van der Waals surface area contributed by atoms with Crippen LogP contribution in [0.4, 0.5) is 24.5 Å². The molecule has 0 spiro atoms. The highest BCUT2D eigenvalue weighted by atomic mass is 79.9. The van der Waals surface area contributed by atoms with Gasteiger partial charge < -0.3 is 9.84 Å². The van der Waals surface area contributed by atoms with Gasteiger partial charge in [0.15, 0.2) is 11.6 Å². The first-order chi connectivity index (χ1) is 20.3. The molecule has 3 aliphatic carbocycles. The minimum absolute atomic E-state index is 0.00256. The van der Waals surface area contributed by atoms with Crippen molar-refractivity contribution in [3.63, 3.8) is 0 Å². The van der Waals surface area contributed by atoms with Gasteiger partial charge in [0.05, 0.1) is 26.9 Å². The van der Waals surface area contributed by atoms with E-state index in [0.717, 1.165) is 35.2 Å². The van der Waals surface area contributed by atoms with Crippen molar-refractivity contribution in [3.8, 4) is 11.5 Å². The third-order valence-electron chi connectivity index (χ3n) is 8.17. The average molecular weight is 659 g/mol. The summed E-state index contributed by atoms with van der Waals surface area (Å²) in [5.74, 6) is -7.63. The van der Waals surface area contributed by atoms with Gasteiger partial charge in [0.25, 0.3) is 5.69 Å². The van der Waals surface area contributed by atoms with Gasteiger partial charge in [0, 0.05) is 40.8 Å². The number of aromatic hydroxyl groups is 1. The number of hydrogen-bond acceptors (Lipinski definition) is 8. The number of nitro groups is 1. The summed E-state index contributed by atoms with van der Waals surface area (Å²) in [5, 5.41) is 22.2. The molecule has 0 radical (unpaired) electrons. The van der Waals surface area contributed by atoms with Crippen LogP contribution in [0.5, 0.6) is 11.5 Å². The summed E-state index contributed by atoms with van der Waals surface area (Å²) in [6, 6.07) is 7.82. The molecule has 1 fully saturated rings. The topological polar surface area (TPSA) is 144 Å². The van der Waals surface area contributed by atoms with Gasteiger partial charge in [-0.2, -0.15) is 0 Å². The Hall–Kier alpha value is -4.59. The summed E-state index contributed by atoms with van der Waals surface area (Å²) in [7, 11) is 0. The zero-order valence-electron chi connectivity index (χ0n) is 21.6. The number of anilines is 1. The number of fused-ring (bicyclic) bond motifs is 3. The lowest BCUT2D eigenvalue weighted by Crippen LogP contribution is -2.39. The summed E-state index contributed by atoms with van der Waals surface area (Å²) >= 11 is 3.08. The molecule has 6 rings (SSSR count). The lowest BCUT2D eigenvalue weighted by molar-refractivity contribution is -0.384. The number of amides is 2. The molecule has 1 aliphatic heterocycles. The van der Waals surface area contributed by atoms with E-state index in [9.17, 15) is 47.6 Å². The third kappa shape index (κ3) is 4.65. The number of phenols is 1. The van der Waals surface area contributed by atoms with E-state index in [-0.39, 0.29) is 45.4 Å². The molecule has 4 aliphatic rings. The number of phenolic OH excluding ortho intramolecular Hbond substituents is 1. The van der Waals surface area contributed by atoms with Crippen LogP contribution in [0.2, 0.25) is 0 Å². The van der Waals surface area contributed by atoms with Crippen LogP contribution in [0.15, 0.2) is 75.8 Å². The highest BCUT2D eigenvalue weighted by Gasteiger charge is 2.57. The van der Waals surface area contributed by atoms with Gasteiger partial charge in [-0.25, -0.2) is 4.90 Å². The van der Waals surface area contributed by atoms with E-state index in [1.165, 1.54) is 18.2 Å². The zero-order valence-corrected chi connectivity index (χ0v) is 23.2. The van der Waals surface area contributed by atoms with Gasteiger partial charge >= 0.3 is 6.36 Å². The smallest absolute Gasteiger partial charge is 0.508 e. The van der Waals surface area contributed by atoms with E-state index < -0.39 is 69.8 Å². The number of non-ortho nitro benzene ring substituents is 1. The molecule has 10 nitrogen and oxygen atoms in total. The second-order valence-electron chi connectivity index (χ2n) is 10.5. The van der Waals surface area contributed by atoms with Gasteiger partial charge in [0.2, 0.25) is 11.8 Å². The van der Waals surface area contributed by atoms with Crippen LogP contribution in [0.25, 0.3) is 0 Å². The molecular formula is C29H18BrF3N2O8. The first-order valence-corrected chi connectivity index (χ1v) is 13.7. The Bertz CT molecular complexity index is 1760. The van der Waals surface area contributed by atoms with Gasteiger partial charge in [0.1, 0.15) is 11.5 Å². The predicted octanol–water partition coefficient (Wildman–Crippen LogP) is 5.17. The minimum Gasteiger partial charge on any atom is -0.508 e. The molecular weight excluding hydrogens is 641 g/mol. The monoisotopic (exact) mass is 658 g/mol. The number of benzene rings is 2. The molecule has 2 amide bonds. The van der Waals surface area contributed by atoms with Crippen LogP contribution in [0.3, 0.4) is 0 Å². The number of alkyl halides is 3. The minimum atomic E-state index is -5.05. The maximum atomic E-state index is 13.9. The summed E-state index contributed by atoms with van der Waals surface area (Å²) in [6.45, 7) is 0. The number of ether oxygens (including phenoxy) is 1. The Morgan fingerprint density at radius 3 is 2.49 bits per heavy atom. The second kappa shape index (κ2) is 10.0. The van der Waals surface area contributed by atoms with Crippen molar-refractivity contribution in [1.29, 1.82) is 0 Å². The molecule has 14 heteroatoms. The molecule has 0 bridgehead atoms. The zero-order chi connectivity index (χ0) is 31.0. The maximum Gasteiger partial charge on any atom is 0.573 e. The Balaban J connectivity index is 1.48. The molecule has 2 aromatic carbocycles. The number of carbonyl (C=O) groups excluding carboxylic acids is 4. The summed E-state index contributed by atoms with van der Waals surface area (Å²) < 4.78 is 43.1. The number of hydrogen-bond donors (Lipinski definition) is 1. The summed E-state index contributed by atoms with van der Waals surface area (Å²) in [4.78, 5) is 65.6. The van der Waals surface area contributed by atoms with Crippen LogP contribution in [-0.2, 0) is 19.2 Å². The quantitative estimate of drug-likeness (QED) is 0.156. The van der Waals surface area contributed by atoms with Gasteiger partial charge in [-0.1, -0.05) is 17.7 Å². The van der Waals surface area contributed by atoms with E-state index in [2.05, 4.69) is 20.7 Å². The molecule has 220 valence electrons. The van der Waals surface area contributed by atoms with Crippen LogP contribution < -0.4 is 9.64 Å². The summed E-state index contributed by atoms with van der Waals surface area (Å²) in [6.07, 6.45) is -2.52. The fourth-order valence-electron chi connectivity index (χ4n) is 6.52. The SMILES string of the molecule is O=C1C=C(Br)C(=O)C2=C1C(c1cc(OC(F)(F)F)ccc1O)C1=CCC3C(=O)N(c4cccc([N+](=O)[O-])c4)C(=O)C3C1C2. The largest absolute Gasteiger partial charge is 0.573 e. The number of nitrogens with zero attached hydrogens (tertiary/aromatic N) is 2. The fourth-order valence-corrected chi connectivity index (χ4v) is 6.97. The molecule has 1 saturated heterocycles. The third-order valence-corrected chi connectivity index (χ3v) is 8.76. The highest BCUT2D eigenvalue weighted by molar-refractivity contribution is 9.12. The van der Waals surface area contributed by atoms with Crippen LogP contribution in [-0.4, -0.2) is 39.8 Å². The van der Waals surface area contributed by atoms with E-state index in [0.29, 0.717) is 5.57 Å². The standard InChI is InChI=1S/C29H18BrF3N2O8/c30-20-11-22(37)25-19(26(20)38)10-17-15(23(25)18-9-14(4-7-21(18)36)43-29(31,32)33)5-6-16-24(17)28(40)34(27(16)39)12-2-1-3-13(8-12)35(41)42/h1-5,7-9,11,16-17,23-24,36H,6,10H2. The van der Waals surface area contributed by atoms with E-state index >= 15 is 0 Å². The Morgan fingerprint density at radius 1 is 1.05 bits per heavy atom. The molecule has 1 N–H and O–H groups in total. The van der Waals surface area contributed by atoms with Crippen molar-refractivity contribution >= 4 is 50.7 Å². The number of ketones is 2. The number of halogens is 4. The highest BCUT2D eigenvalue weighted by Crippen LogP contribution is 2.57. The molecule has 0 aromatic heterocycles. The van der Waals surface area contributed by atoms with Gasteiger partial charge in [-0.15, -0.1) is 13.2 Å². The lowest BCUT2D eigenvalue weighted by Gasteiger charge is -2.42. The summed E-state index contributed by atoms with van der Waals surface area (Å²) in [5.41, 5.74) is -0.156. The van der Waals surface area contributed by atoms with Gasteiger partial charge in [-0.05, 0) is 59.0 Å². The second-order valence-corrected chi connectivity index (χ2v) is 11.3. The lowest BCUT2D eigenvalue weighted by atomic mass is 9.59.